The van der Waals surface area contributed by atoms with Gasteiger partial charge in [0, 0.05) is 28.9 Å². The SMILES string of the molecule is Cc1cc(C(C)NCCCN2CCC(O)CC2)c(C)s1. The predicted octanol–water partition coefficient (Wildman–Crippen LogP) is 2.86. The normalized spacial score (nSPS) is 19.4. The summed E-state index contributed by atoms with van der Waals surface area (Å²) in [6.07, 6.45) is 3.01. The predicted molar refractivity (Wildman–Crippen MR) is 86.5 cm³/mol. The van der Waals surface area contributed by atoms with Gasteiger partial charge in [0.2, 0.25) is 0 Å². The number of hydrogen-bond acceptors (Lipinski definition) is 4. The maximum atomic E-state index is 9.49. The van der Waals surface area contributed by atoms with Gasteiger partial charge in [0.05, 0.1) is 6.10 Å². The van der Waals surface area contributed by atoms with Gasteiger partial charge < -0.3 is 15.3 Å². The van der Waals surface area contributed by atoms with Crippen LogP contribution in [0, 0.1) is 13.8 Å². The molecule has 1 unspecified atom stereocenters. The van der Waals surface area contributed by atoms with Crippen LogP contribution in [-0.2, 0) is 0 Å². The zero-order valence-electron chi connectivity index (χ0n) is 13.0. The van der Waals surface area contributed by atoms with Crippen molar-refractivity contribution < 1.29 is 5.11 Å². The summed E-state index contributed by atoms with van der Waals surface area (Å²) in [5.41, 5.74) is 1.45. The lowest BCUT2D eigenvalue weighted by Gasteiger charge is -2.29. The molecule has 20 heavy (non-hydrogen) atoms. The molecule has 3 nitrogen and oxygen atoms in total. The van der Waals surface area contributed by atoms with Crippen LogP contribution in [0.5, 0.6) is 0 Å². The first-order valence-electron chi connectivity index (χ1n) is 7.77. The standard InChI is InChI=1S/C16H28N2OS/c1-12-11-16(14(3)20-12)13(2)17-7-4-8-18-9-5-15(19)6-10-18/h11,13,15,17,19H,4-10H2,1-3H3. The Labute approximate surface area is 127 Å². The smallest absolute Gasteiger partial charge is 0.0564 e. The molecule has 1 aliphatic heterocycles. The van der Waals surface area contributed by atoms with Crippen LogP contribution >= 0.6 is 11.3 Å². The van der Waals surface area contributed by atoms with Crippen LogP contribution in [0.2, 0.25) is 0 Å². The van der Waals surface area contributed by atoms with Crippen LogP contribution in [-0.4, -0.2) is 42.3 Å². The number of aryl methyl sites for hydroxylation is 2. The summed E-state index contributed by atoms with van der Waals surface area (Å²) in [4.78, 5) is 5.31. The number of hydrogen-bond donors (Lipinski definition) is 2. The van der Waals surface area contributed by atoms with Crippen molar-refractivity contribution in [2.75, 3.05) is 26.2 Å². The van der Waals surface area contributed by atoms with E-state index in [1.165, 1.54) is 21.7 Å². The Morgan fingerprint density at radius 1 is 1.40 bits per heavy atom. The fourth-order valence-electron chi connectivity index (χ4n) is 2.95. The number of nitrogens with one attached hydrogen (secondary N) is 1. The molecular weight excluding hydrogens is 268 g/mol. The molecule has 0 spiro atoms. The highest BCUT2D eigenvalue weighted by atomic mass is 32.1. The molecule has 0 amide bonds. The number of aliphatic hydroxyl groups excluding tert-OH is 1. The Morgan fingerprint density at radius 3 is 2.70 bits per heavy atom. The van der Waals surface area contributed by atoms with E-state index in [0.717, 1.165) is 39.0 Å². The molecule has 0 aromatic carbocycles. The van der Waals surface area contributed by atoms with Gasteiger partial charge in [-0.2, -0.15) is 0 Å². The van der Waals surface area contributed by atoms with E-state index in [1.54, 1.807) is 0 Å². The van der Waals surface area contributed by atoms with Gasteiger partial charge in [-0.05, 0) is 64.8 Å². The fraction of sp³-hybridized carbons (Fsp3) is 0.750. The Morgan fingerprint density at radius 2 is 2.10 bits per heavy atom. The molecule has 2 heterocycles. The lowest BCUT2D eigenvalue weighted by atomic mass is 10.1. The minimum absolute atomic E-state index is 0.0609. The van der Waals surface area contributed by atoms with Gasteiger partial charge in [-0.3, -0.25) is 0 Å². The van der Waals surface area contributed by atoms with Gasteiger partial charge >= 0.3 is 0 Å². The van der Waals surface area contributed by atoms with Gasteiger partial charge in [-0.15, -0.1) is 11.3 Å². The van der Waals surface area contributed by atoms with E-state index in [1.807, 2.05) is 11.3 Å². The summed E-state index contributed by atoms with van der Waals surface area (Å²) >= 11 is 1.89. The molecule has 1 aliphatic rings. The Bertz CT molecular complexity index is 411. The van der Waals surface area contributed by atoms with Crippen LogP contribution < -0.4 is 5.32 Å². The van der Waals surface area contributed by atoms with Crippen molar-refractivity contribution in [3.8, 4) is 0 Å². The number of thiophene rings is 1. The molecule has 1 fully saturated rings. The third kappa shape index (κ3) is 4.55. The van der Waals surface area contributed by atoms with Crippen molar-refractivity contribution in [3.05, 3.63) is 21.4 Å². The molecular formula is C16H28N2OS. The molecule has 2 N–H and O–H groups in total. The molecule has 0 saturated carbocycles. The molecule has 2 rings (SSSR count). The first-order valence-corrected chi connectivity index (χ1v) is 8.58. The van der Waals surface area contributed by atoms with Crippen molar-refractivity contribution in [3.63, 3.8) is 0 Å². The third-order valence-corrected chi connectivity index (χ3v) is 5.19. The van der Waals surface area contributed by atoms with Crippen LogP contribution in [0.15, 0.2) is 6.07 Å². The highest BCUT2D eigenvalue weighted by Gasteiger charge is 2.16. The Balaban J connectivity index is 1.64. The number of nitrogens with zero attached hydrogens (tertiary/aromatic N) is 1. The summed E-state index contributed by atoms with van der Waals surface area (Å²) in [5, 5.41) is 13.1. The van der Waals surface area contributed by atoms with Crippen molar-refractivity contribution >= 4 is 11.3 Å². The fourth-order valence-corrected chi connectivity index (χ4v) is 3.98. The van der Waals surface area contributed by atoms with E-state index in [2.05, 4.69) is 37.1 Å². The summed E-state index contributed by atoms with van der Waals surface area (Å²) < 4.78 is 0. The summed E-state index contributed by atoms with van der Waals surface area (Å²) in [6, 6.07) is 2.76. The van der Waals surface area contributed by atoms with E-state index < -0.39 is 0 Å². The van der Waals surface area contributed by atoms with E-state index in [-0.39, 0.29) is 6.10 Å². The van der Waals surface area contributed by atoms with Crippen molar-refractivity contribution in [1.29, 1.82) is 0 Å². The van der Waals surface area contributed by atoms with E-state index in [4.69, 9.17) is 0 Å². The lowest BCUT2D eigenvalue weighted by molar-refractivity contribution is 0.0820. The monoisotopic (exact) mass is 296 g/mol. The molecule has 4 heteroatoms. The molecule has 1 aromatic rings. The van der Waals surface area contributed by atoms with Gasteiger partial charge in [0.1, 0.15) is 0 Å². The lowest BCUT2D eigenvalue weighted by Crippen LogP contribution is -2.37. The minimum atomic E-state index is -0.0609. The number of rotatable bonds is 6. The molecule has 114 valence electrons. The summed E-state index contributed by atoms with van der Waals surface area (Å²) in [6.45, 7) is 11.0. The quantitative estimate of drug-likeness (QED) is 0.792. The van der Waals surface area contributed by atoms with E-state index in [0.29, 0.717) is 6.04 Å². The number of aliphatic hydroxyl groups is 1. The van der Waals surface area contributed by atoms with E-state index >= 15 is 0 Å². The first kappa shape index (κ1) is 16.0. The molecule has 1 saturated heterocycles. The van der Waals surface area contributed by atoms with Crippen molar-refractivity contribution in [2.24, 2.45) is 0 Å². The zero-order valence-corrected chi connectivity index (χ0v) is 13.8. The highest BCUT2D eigenvalue weighted by Crippen LogP contribution is 2.25. The number of likely N-dealkylation sites (tertiary alicyclic amines) is 1. The molecule has 0 radical (unpaired) electrons. The maximum Gasteiger partial charge on any atom is 0.0564 e. The second-order valence-corrected chi connectivity index (χ2v) is 7.43. The van der Waals surface area contributed by atoms with Gasteiger partial charge in [0.25, 0.3) is 0 Å². The summed E-state index contributed by atoms with van der Waals surface area (Å²) in [5.74, 6) is 0. The average Bonchev–Trinajstić information content (AvgIpc) is 2.75. The molecule has 0 aliphatic carbocycles. The number of piperidine rings is 1. The second-order valence-electron chi connectivity index (χ2n) is 5.97. The average molecular weight is 296 g/mol. The zero-order chi connectivity index (χ0) is 14.5. The second kappa shape index (κ2) is 7.55. The Hall–Kier alpha value is -0.420. The van der Waals surface area contributed by atoms with Crippen molar-refractivity contribution in [1.82, 2.24) is 10.2 Å². The van der Waals surface area contributed by atoms with Crippen LogP contribution in [0.25, 0.3) is 0 Å². The molecule has 1 atom stereocenters. The first-order chi connectivity index (χ1) is 9.56. The Kier molecular flexibility index (Phi) is 6.02. The highest BCUT2D eigenvalue weighted by molar-refractivity contribution is 7.12. The van der Waals surface area contributed by atoms with Crippen molar-refractivity contribution in [2.45, 2.75) is 52.2 Å². The van der Waals surface area contributed by atoms with Crippen LogP contribution in [0.4, 0.5) is 0 Å². The minimum Gasteiger partial charge on any atom is -0.393 e. The third-order valence-electron chi connectivity index (χ3n) is 4.20. The van der Waals surface area contributed by atoms with Gasteiger partial charge in [0.15, 0.2) is 0 Å². The van der Waals surface area contributed by atoms with E-state index in [9.17, 15) is 5.11 Å². The maximum absolute atomic E-state index is 9.49. The van der Waals surface area contributed by atoms with Gasteiger partial charge in [-0.25, -0.2) is 0 Å². The largest absolute Gasteiger partial charge is 0.393 e. The topological polar surface area (TPSA) is 35.5 Å². The molecule has 0 bridgehead atoms. The summed E-state index contributed by atoms with van der Waals surface area (Å²) in [7, 11) is 0. The van der Waals surface area contributed by atoms with Gasteiger partial charge in [-0.1, -0.05) is 0 Å². The van der Waals surface area contributed by atoms with Crippen LogP contribution in [0.3, 0.4) is 0 Å². The van der Waals surface area contributed by atoms with Crippen LogP contribution in [0.1, 0.15) is 47.5 Å². The molecule has 1 aromatic heterocycles.